The molecule has 0 radical (unpaired) electrons. The number of aryl methyl sites for hydroxylation is 2. The summed E-state index contributed by atoms with van der Waals surface area (Å²) in [5, 5.41) is 14.8. The minimum Gasteiger partial charge on any atom is -0.441 e. The highest BCUT2D eigenvalue weighted by Crippen LogP contribution is 2.21. The first-order valence-electron chi connectivity index (χ1n) is 7.86. The topological polar surface area (TPSA) is 126 Å². The molecule has 3 aromatic rings. The van der Waals surface area contributed by atoms with Crippen molar-refractivity contribution in [1.29, 1.82) is 10.8 Å². The molecular formula is C19H19N5O. The summed E-state index contributed by atoms with van der Waals surface area (Å²) in [5.74, 6) is 1.47. The molecule has 6 N–H and O–H groups in total. The quantitative estimate of drug-likeness (QED) is 0.408. The van der Waals surface area contributed by atoms with Crippen molar-refractivity contribution in [2.45, 2.75) is 12.8 Å². The predicted molar refractivity (Wildman–Crippen MR) is 97.8 cm³/mol. The molecule has 126 valence electrons. The van der Waals surface area contributed by atoms with E-state index in [1.165, 1.54) is 0 Å². The Bertz CT molecular complexity index is 894. The van der Waals surface area contributed by atoms with Crippen LogP contribution in [0.5, 0.6) is 0 Å². The fourth-order valence-corrected chi connectivity index (χ4v) is 2.48. The largest absolute Gasteiger partial charge is 0.441 e. The minimum absolute atomic E-state index is 0.0422. The van der Waals surface area contributed by atoms with Gasteiger partial charge in [0.15, 0.2) is 11.7 Å². The molecule has 0 saturated carbocycles. The van der Waals surface area contributed by atoms with Crippen molar-refractivity contribution in [2.24, 2.45) is 11.5 Å². The van der Waals surface area contributed by atoms with Crippen molar-refractivity contribution >= 4 is 11.7 Å². The average molecular weight is 333 g/mol. The number of nitrogens with two attached hydrogens (primary N) is 2. The van der Waals surface area contributed by atoms with E-state index in [-0.39, 0.29) is 11.7 Å². The van der Waals surface area contributed by atoms with E-state index in [0.29, 0.717) is 23.6 Å². The van der Waals surface area contributed by atoms with Crippen molar-refractivity contribution in [2.75, 3.05) is 0 Å². The zero-order valence-electron chi connectivity index (χ0n) is 13.6. The van der Waals surface area contributed by atoms with Gasteiger partial charge in [0.2, 0.25) is 0 Å². The van der Waals surface area contributed by atoms with E-state index in [1.807, 2.05) is 36.4 Å². The number of hydrogen-bond donors (Lipinski definition) is 4. The molecule has 0 spiro atoms. The van der Waals surface area contributed by atoms with E-state index in [2.05, 4.69) is 4.98 Å². The maximum atomic E-state index is 7.41. The molecular weight excluding hydrogens is 314 g/mol. The van der Waals surface area contributed by atoms with Gasteiger partial charge in [0.1, 0.15) is 11.7 Å². The third-order valence-corrected chi connectivity index (χ3v) is 3.93. The fraction of sp³-hybridized carbons (Fsp3) is 0.105. The summed E-state index contributed by atoms with van der Waals surface area (Å²) in [6.45, 7) is 0. The van der Waals surface area contributed by atoms with Crippen LogP contribution in [0.15, 0.2) is 59.1 Å². The molecule has 1 aromatic heterocycles. The Morgan fingerprint density at radius 2 is 1.40 bits per heavy atom. The molecule has 6 heteroatoms. The van der Waals surface area contributed by atoms with Crippen LogP contribution in [-0.2, 0) is 12.8 Å². The van der Waals surface area contributed by atoms with Gasteiger partial charge in [-0.3, -0.25) is 10.8 Å². The zero-order valence-corrected chi connectivity index (χ0v) is 13.6. The highest BCUT2D eigenvalue weighted by Gasteiger charge is 2.08. The van der Waals surface area contributed by atoms with Crippen LogP contribution in [0.25, 0.3) is 11.3 Å². The summed E-state index contributed by atoms with van der Waals surface area (Å²) in [6.07, 6.45) is 3.18. The lowest BCUT2D eigenvalue weighted by molar-refractivity contribution is 0.505. The van der Waals surface area contributed by atoms with Crippen LogP contribution in [0.1, 0.15) is 22.6 Å². The summed E-state index contributed by atoms with van der Waals surface area (Å²) in [5.41, 5.74) is 14.3. The Morgan fingerprint density at radius 3 is 1.96 bits per heavy atom. The second-order valence-corrected chi connectivity index (χ2v) is 5.72. The Hall–Kier alpha value is -3.41. The van der Waals surface area contributed by atoms with Crippen LogP contribution < -0.4 is 11.5 Å². The first-order valence-corrected chi connectivity index (χ1v) is 7.86. The summed E-state index contributed by atoms with van der Waals surface area (Å²) >= 11 is 0. The molecule has 25 heavy (non-hydrogen) atoms. The van der Waals surface area contributed by atoms with Crippen molar-refractivity contribution in [3.63, 3.8) is 0 Å². The summed E-state index contributed by atoms with van der Waals surface area (Å²) in [4.78, 5) is 4.32. The molecule has 0 amide bonds. The van der Waals surface area contributed by atoms with Gasteiger partial charge in [0.05, 0.1) is 6.20 Å². The van der Waals surface area contributed by atoms with Gasteiger partial charge in [-0.1, -0.05) is 48.5 Å². The van der Waals surface area contributed by atoms with Gasteiger partial charge in [-0.25, -0.2) is 4.98 Å². The van der Waals surface area contributed by atoms with Crippen molar-refractivity contribution in [1.82, 2.24) is 4.98 Å². The molecule has 1 heterocycles. The van der Waals surface area contributed by atoms with Gasteiger partial charge in [0.25, 0.3) is 0 Å². The predicted octanol–water partition coefficient (Wildman–Crippen LogP) is 2.69. The standard InChI is InChI=1S/C19H19N5O/c20-18(21)14-4-1-12(2-5-14)3-10-17-24-11-16(25-17)13-6-8-15(9-7-13)19(22)23/h1-2,4-9,11H,3,10H2,(H3,20,21)(H3,22,23). The van der Waals surface area contributed by atoms with Crippen LogP contribution in [0.3, 0.4) is 0 Å². The maximum absolute atomic E-state index is 7.41. The molecule has 0 aliphatic carbocycles. The van der Waals surface area contributed by atoms with Gasteiger partial charge < -0.3 is 15.9 Å². The van der Waals surface area contributed by atoms with Crippen LogP contribution in [0, 0.1) is 10.8 Å². The third kappa shape index (κ3) is 3.92. The van der Waals surface area contributed by atoms with Crippen LogP contribution in [-0.4, -0.2) is 16.7 Å². The van der Waals surface area contributed by atoms with E-state index < -0.39 is 0 Å². The zero-order chi connectivity index (χ0) is 17.8. The number of aromatic nitrogens is 1. The summed E-state index contributed by atoms with van der Waals surface area (Å²) in [7, 11) is 0. The molecule has 0 bridgehead atoms. The molecule has 0 saturated heterocycles. The van der Waals surface area contributed by atoms with E-state index in [0.717, 1.165) is 23.1 Å². The van der Waals surface area contributed by atoms with Gasteiger partial charge in [-0.2, -0.15) is 0 Å². The number of nitrogen functional groups attached to an aromatic ring is 2. The second-order valence-electron chi connectivity index (χ2n) is 5.72. The molecule has 0 aliphatic rings. The van der Waals surface area contributed by atoms with Gasteiger partial charge in [-0.05, 0) is 12.0 Å². The molecule has 0 aliphatic heterocycles. The van der Waals surface area contributed by atoms with Gasteiger partial charge in [0, 0.05) is 23.1 Å². The van der Waals surface area contributed by atoms with Crippen LogP contribution in [0.2, 0.25) is 0 Å². The number of rotatable bonds is 6. The number of oxazole rings is 1. The molecule has 2 aromatic carbocycles. The third-order valence-electron chi connectivity index (χ3n) is 3.93. The first kappa shape index (κ1) is 16.4. The van der Waals surface area contributed by atoms with Gasteiger partial charge in [-0.15, -0.1) is 0 Å². The number of hydrogen-bond acceptors (Lipinski definition) is 4. The minimum atomic E-state index is 0.0422. The normalized spacial score (nSPS) is 10.6. The van der Waals surface area contributed by atoms with Gasteiger partial charge >= 0.3 is 0 Å². The average Bonchev–Trinajstić information content (AvgIpc) is 3.09. The highest BCUT2D eigenvalue weighted by atomic mass is 16.4. The van der Waals surface area contributed by atoms with Crippen LogP contribution in [0.4, 0.5) is 0 Å². The highest BCUT2D eigenvalue weighted by molar-refractivity contribution is 5.95. The lowest BCUT2D eigenvalue weighted by atomic mass is 10.1. The SMILES string of the molecule is N=C(N)c1ccc(CCc2ncc(-c3ccc(C(=N)N)cc3)o2)cc1. The Labute approximate surface area is 145 Å². The van der Waals surface area contributed by atoms with Crippen molar-refractivity contribution in [3.8, 4) is 11.3 Å². The Kier molecular flexibility index (Phi) is 4.61. The monoisotopic (exact) mass is 333 g/mol. The van der Waals surface area contributed by atoms with Crippen molar-refractivity contribution < 1.29 is 4.42 Å². The van der Waals surface area contributed by atoms with Crippen molar-refractivity contribution in [3.05, 3.63) is 77.3 Å². The number of nitrogens with zero attached hydrogens (tertiary/aromatic N) is 1. The van der Waals surface area contributed by atoms with Crippen LogP contribution >= 0.6 is 0 Å². The maximum Gasteiger partial charge on any atom is 0.195 e. The summed E-state index contributed by atoms with van der Waals surface area (Å²) in [6, 6.07) is 14.9. The smallest absolute Gasteiger partial charge is 0.195 e. The molecule has 3 rings (SSSR count). The molecule has 0 unspecified atom stereocenters. The van der Waals surface area contributed by atoms with E-state index >= 15 is 0 Å². The lowest BCUT2D eigenvalue weighted by Crippen LogP contribution is -2.10. The Morgan fingerprint density at radius 1 is 0.840 bits per heavy atom. The number of nitrogens with one attached hydrogen (secondary N) is 2. The van der Waals surface area contributed by atoms with E-state index in [9.17, 15) is 0 Å². The molecule has 6 nitrogen and oxygen atoms in total. The second kappa shape index (κ2) is 7.00. The Balaban J connectivity index is 1.65. The van der Waals surface area contributed by atoms with E-state index in [1.54, 1.807) is 18.3 Å². The summed E-state index contributed by atoms with van der Waals surface area (Å²) < 4.78 is 5.80. The fourth-order valence-electron chi connectivity index (χ4n) is 2.48. The molecule has 0 atom stereocenters. The lowest BCUT2D eigenvalue weighted by Gasteiger charge is -2.02. The van der Waals surface area contributed by atoms with E-state index in [4.69, 9.17) is 26.7 Å². The molecule has 0 fully saturated rings. The number of amidine groups is 2. The number of benzene rings is 2. The first-order chi connectivity index (χ1) is 12.0.